The number of carbonyl (C=O) groups excluding carboxylic acids is 2. The Kier molecular flexibility index (Phi) is 7.03. The van der Waals surface area contributed by atoms with Crippen molar-refractivity contribution in [2.24, 2.45) is 23.2 Å². The van der Waals surface area contributed by atoms with Gasteiger partial charge in [0.15, 0.2) is 0 Å². The number of esters is 2. The van der Waals surface area contributed by atoms with E-state index in [1.807, 2.05) is 0 Å². The van der Waals surface area contributed by atoms with E-state index >= 15 is 0 Å². The van der Waals surface area contributed by atoms with Crippen LogP contribution in [0, 0.1) is 23.2 Å². The smallest absolute Gasteiger partial charge is 0.415 e. The van der Waals surface area contributed by atoms with Gasteiger partial charge in [-0.15, -0.1) is 4.33 Å². The van der Waals surface area contributed by atoms with Crippen molar-refractivity contribution in [1.82, 2.24) is 0 Å². The van der Waals surface area contributed by atoms with Gasteiger partial charge in [0.25, 0.3) is 0 Å². The van der Waals surface area contributed by atoms with E-state index in [2.05, 4.69) is 9.37 Å². The molecule has 0 aliphatic heterocycles. The van der Waals surface area contributed by atoms with Gasteiger partial charge in [-0.2, -0.15) is 8.78 Å². The summed E-state index contributed by atoms with van der Waals surface area (Å²) < 4.78 is 47.8. The number of alkyl halides is 2. The molecule has 5 rings (SSSR count). The highest BCUT2D eigenvalue weighted by Gasteiger charge is 2.60. The normalized spacial score (nSPS) is 38.5. The van der Waals surface area contributed by atoms with Crippen molar-refractivity contribution in [3.63, 3.8) is 0 Å². The summed E-state index contributed by atoms with van der Waals surface area (Å²) in [4.78, 5) is 24.9. The lowest BCUT2D eigenvalue weighted by Crippen LogP contribution is -2.59. The molecule has 182 valence electrons. The lowest BCUT2D eigenvalue weighted by atomic mass is 9.48. The van der Waals surface area contributed by atoms with Gasteiger partial charge in [-0.05, 0) is 76.0 Å². The molecule has 1 N–H and O–H groups in total. The molecule has 11 heteroatoms. The zero-order chi connectivity index (χ0) is 23.0. The van der Waals surface area contributed by atoms with E-state index in [1.54, 1.807) is 7.11 Å². The molecule has 8 nitrogen and oxygen atoms in total. The molecule has 5 aliphatic rings. The second-order valence-electron chi connectivity index (χ2n) is 10.1. The Hall–Kier alpha value is -1.01. The van der Waals surface area contributed by atoms with E-state index < -0.39 is 34.3 Å². The van der Waals surface area contributed by atoms with Gasteiger partial charge in [-0.25, -0.2) is 10.1 Å². The van der Waals surface area contributed by atoms with Gasteiger partial charge >= 0.3 is 17.2 Å². The predicted octanol–water partition coefficient (Wildman–Crippen LogP) is 4.28. The monoisotopic (exact) mass is 480 g/mol. The Labute approximate surface area is 189 Å². The van der Waals surface area contributed by atoms with Gasteiger partial charge in [0.2, 0.25) is 0 Å². The van der Waals surface area contributed by atoms with Crippen LogP contribution in [0.15, 0.2) is 0 Å². The molecule has 0 radical (unpaired) electrons. The van der Waals surface area contributed by atoms with E-state index in [1.165, 1.54) is 0 Å². The minimum absolute atomic E-state index is 0.132. The summed E-state index contributed by atoms with van der Waals surface area (Å²) in [5.41, 5.74) is -1.07. The highest BCUT2D eigenvalue weighted by Crippen LogP contribution is 2.63. The van der Waals surface area contributed by atoms with Crippen molar-refractivity contribution in [3.05, 3.63) is 0 Å². The Balaban J connectivity index is 1.38. The molecule has 0 spiro atoms. The number of hydrogen-bond acceptors (Lipinski definition) is 9. The third-order valence-electron chi connectivity index (χ3n) is 7.70. The quantitative estimate of drug-likeness (QED) is 0.224. The van der Waals surface area contributed by atoms with Crippen molar-refractivity contribution in [2.45, 2.75) is 81.2 Å². The minimum Gasteiger partial charge on any atom is -0.460 e. The molecule has 5 saturated carbocycles. The number of carbonyl (C=O) groups is 2. The first-order valence-electron chi connectivity index (χ1n) is 11.1. The van der Waals surface area contributed by atoms with Gasteiger partial charge in [0, 0.05) is 12.5 Å². The van der Waals surface area contributed by atoms with Crippen molar-refractivity contribution in [2.75, 3.05) is 13.7 Å². The molecule has 0 saturated heterocycles. The van der Waals surface area contributed by atoms with Crippen molar-refractivity contribution in [1.29, 1.82) is 0 Å². The molecular formula is C21H30F2O8S. The number of halogens is 2. The highest BCUT2D eigenvalue weighted by molar-refractivity contribution is 7.96. The fraction of sp³-hybridized carbons (Fsp3) is 0.905. The van der Waals surface area contributed by atoms with Crippen molar-refractivity contribution in [3.8, 4) is 0 Å². The van der Waals surface area contributed by atoms with E-state index in [-0.39, 0.29) is 24.6 Å². The van der Waals surface area contributed by atoms with Crippen LogP contribution in [0.5, 0.6) is 0 Å². The largest absolute Gasteiger partial charge is 0.460 e. The highest BCUT2D eigenvalue weighted by atomic mass is 32.2. The van der Waals surface area contributed by atoms with Crippen LogP contribution in [0.2, 0.25) is 0 Å². The Morgan fingerprint density at radius 2 is 1.75 bits per heavy atom. The number of methoxy groups -OCH3 is 1. The first kappa shape index (κ1) is 24.1. The van der Waals surface area contributed by atoms with Crippen LogP contribution in [-0.2, 0) is 33.2 Å². The third-order valence-corrected chi connectivity index (χ3v) is 8.21. The summed E-state index contributed by atoms with van der Waals surface area (Å²) in [6.45, 7) is -0.160. The molecule has 0 aromatic rings. The number of hydrogen-bond donors (Lipinski definition) is 1. The Morgan fingerprint density at radius 1 is 1.09 bits per heavy atom. The second-order valence-corrected chi connectivity index (χ2v) is 10.9. The summed E-state index contributed by atoms with van der Waals surface area (Å²) in [6.07, 6.45) is 8.02. The molecule has 2 unspecified atom stereocenters. The number of ether oxygens (including phenoxy) is 3. The van der Waals surface area contributed by atoms with Crippen LogP contribution in [0.3, 0.4) is 0 Å². The maximum Gasteiger partial charge on any atom is 0.415 e. The van der Waals surface area contributed by atoms with Gasteiger partial charge in [-0.3, -0.25) is 4.79 Å². The molecule has 32 heavy (non-hydrogen) atoms. The van der Waals surface area contributed by atoms with Gasteiger partial charge in [0.1, 0.15) is 17.6 Å². The maximum absolute atomic E-state index is 13.8. The lowest BCUT2D eigenvalue weighted by Gasteiger charge is -2.61. The molecule has 0 aromatic carbocycles. The Morgan fingerprint density at radius 3 is 2.34 bits per heavy atom. The molecule has 0 aromatic heterocycles. The fourth-order valence-electron chi connectivity index (χ4n) is 6.88. The molecule has 5 aliphatic carbocycles. The summed E-state index contributed by atoms with van der Waals surface area (Å²) in [6, 6.07) is 0. The maximum atomic E-state index is 13.8. The fourth-order valence-corrected chi connectivity index (χ4v) is 7.12. The Bertz CT molecular complexity index is 698. The van der Waals surface area contributed by atoms with Crippen LogP contribution in [0.4, 0.5) is 8.78 Å². The molecule has 4 bridgehead atoms. The third kappa shape index (κ3) is 5.06. The first-order valence-corrected chi connectivity index (χ1v) is 11.9. The SMILES string of the molecule is COC1CCC(C(=O)OC23CC4CC(CC(COC(=O)C(F)(F)SOOO)(C4)C2)C3)CC1. The van der Waals surface area contributed by atoms with Gasteiger partial charge in [0.05, 0.1) is 18.6 Å². The summed E-state index contributed by atoms with van der Waals surface area (Å²) in [5, 5.41) is 7.16. The lowest BCUT2D eigenvalue weighted by molar-refractivity contribution is -0.433. The summed E-state index contributed by atoms with van der Waals surface area (Å²) in [5.74, 6) is -1.40. The summed E-state index contributed by atoms with van der Waals surface area (Å²) in [7, 11) is 1.69. The van der Waals surface area contributed by atoms with Crippen molar-refractivity contribution < 1.29 is 47.2 Å². The molecule has 0 heterocycles. The van der Waals surface area contributed by atoms with Gasteiger partial charge < -0.3 is 14.2 Å². The van der Waals surface area contributed by atoms with E-state index in [4.69, 9.17) is 19.5 Å². The molecule has 2 atom stereocenters. The van der Waals surface area contributed by atoms with Crippen LogP contribution in [0.25, 0.3) is 0 Å². The topological polar surface area (TPSA) is 101 Å². The van der Waals surface area contributed by atoms with Crippen LogP contribution in [0.1, 0.15) is 64.2 Å². The first-order chi connectivity index (χ1) is 15.2. The second kappa shape index (κ2) is 9.32. The zero-order valence-electron chi connectivity index (χ0n) is 18.1. The van der Waals surface area contributed by atoms with E-state index in [9.17, 15) is 18.4 Å². The molecule has 5 fully saturated rings. The van der Waals surface area contributed by atoms with Gasteiger partial charge in [-0.1, -0.05) is 5.04 Å². The minimum atomic E-state index is -4.02. The van der Waals surface area contributed by atoms with Crippen LogP contribution in [-0.4, -0.2) is 47.9 Å². The van der Waals surface area contributed by atoms with Crippen molar-refractivity contribution >= 4 is 24.0 Å². The average molecular weight is 481 g/mol. The van der Waals surface area contributed by atoms with E-state index in [0.29, 0.717) is 18.3 Å². The molecule has 0 amide bonds. The summed E-state index contributed by atoms with van der Waals surface area (Å²) >= 11 is -0.629. The zero-order valence-corrected chi connectivity index (χ0v) is 18.9. The van der Waals surface area contributed by atoms with Crippen LogP contribution < -0.4 is 0 Å². The predicted molar refractivity (Wildman–Crippen MR) is 107 cm³/mol. The van der Waals surface area contributed by atoms with E-state index in [0.717, 1.165) is 57.8 Å². The molecular weight excluding hydrogens is 450 g/mol. The van der Waals surface area contributed by atoms with Crippen LogP contribution >= 0.6 is 12.0 Å². The standard InChI is InChI=1S/C21H30F2O8S/c1-27-16-4-2-15(3-5-16)17(24)29-20-9-13-6-14(10-20)8-19(7-13,11-20)12-28-18(25)21(22,23)32-31-30-26/h13-16,26H,2-12H2,1H3. The number of rotatable bonds is 9. The average Bonchev–Trinajstić information content (AvgIpc) is 2.75.